The molecule has 1 spiro atoms. The molecule has 1 aromatic carbocycles. The smallest absolute Gasteiger partial charge is 0.222 e. The van der Waals surface area contributed by atoms with Gasteiger partial charge in [-0.2, -0.15) is 0 Å². The van der Waals surface area contributed by atoms with Crippen LogP contribution in [0.4, 0.5) is 0 Å². The molecule has 0 bridgehead atoms. The third kappa shape index (κ3) is 3.72. The summed E-state index contributed by atoms with van der Waals surface area (Å²) in [5, 5.41) is 0. The highest BCUT2D eigenvalue weighted by Crippen LogP contribution is 2.41. The van der Waals surface area contributed by atoms with Crippen LogP contribution in [0.15, 0.2) is 42.7 Å². The first-order valence-electron chi connectivity index (χ1n) is 10.8. The lowest BCUT2D eigenvalue weighted by Crippen LogP contribution is -2.51. The van der Waals surface area contributed by atoms with Crippen LogP contribution in [0.1, 0.15) is 56.0 Å². The van der Waals surface area contributed by atoms with Crippen molar-refractivity contribution in [1.82, 2.24) is 19.4 Å². The number of piperidine rings is 2. The van der Waals surface area contributed by atoms with E-state index in [1.165, 1.54) is 37.1 Å². The molecule has 0 atom stereocenters. The quantitative estimate of drug-likeness (QED) is 0.798. The average molecular weight is 379 g/mol. The molecular formula is C23H30N4O. The molecule has 5 rings (SSSR count). The number of carbonyl (C=O) groups is 1. The number of aromatic nitrogens is 2. The average Bonchev–Trinajstić information content (AvgIpc) is 3.46. The number of likely N-dealkylation sites (tertiary alicyclic amines) is 2. The van der Waals surface area contributed by atoms with Gasteiger partial charge in [0.05, 0.1) is 6.54 Å². The van der Waals surface area contributed by atoms with Gasteiger partial charge >= 0.3 is 0 Å². The Morgan fingerprint density at radius 1 is 1.04 bits per heavy atom. The topological polar surface area (TPSA) is 41.4 Å². The number of hydrogen-bond acceptors (Lipinski definition) is 3. The molecule has 1 saturated carbocycles. The highest BCUT2D eigenvalue weighted by molar-refractivity contribution is 5.77. The third-order valence-corrected chi connectivity index (χ3v) is 6.94. The number of rotatable bonds is 5. The number of nitrogens with zero attached hydrogens (tertiary/aromatic N) is 4. The van der Waals surface area contributed by atoms with E-state index in [4.69, 9.17) is 0 Å². The molecule has 5 heteroatoms. The molecule has 0 radical (unpaired) electrons. The Labute approximate surface area is 167 Å². The third-order valence-electron chi connectivity index (χ3n) is 6.94. The van der Waals surface area contributed by atoms with Crippen molar-refractivity contribution in [2.24, 2.45) is 5.41 Å². The molecule has 3 fully saturated rings. The maximum atomic E-state index is 12.5. The zero-order valence-corrected chi connectivity index (χ0v) is 16.6. The van der Waals surface area contributed by atoms with Gasteiger partial charge in [0.15, 0.2) is 0 Å². The molecule has 0 unspecified atom stereocenters. The predicted molar refractivity (Wildman–Crippen MR) is 109 cm³/mol. The van der Waals surface area contributed by atoms with Gasteiger partial charge in [-0.25, -0.2) is 4.98 Å². The van der Waals surface area contributed by atoms with Gasteiger partial charge in [0, 0.05) is 37.9 Å². The van der Waals surface area contributed by atoms with Crippen molar-refractivity contribution in [3.8, 4) is 0 Å². The van der Waals surface area contributed by atoms with E-state index in [0.717, 1.165) is 39.1 Å². The van der Waals surface area contributed by atoms with E-state index in [0.29, 0.717) is 23.8 Å². The maximum absolute atomic E-state index is 12.5. The number of imidazole rings is 1. The summed E-state index contributed by atoms with van der Waals surface area (Å²) in [6.07, 6.45) is 10.8. The molecule has 3 heterocycles. The molecule has 1 amide bonds. The van der Waals surface area contributed by atoms with Crippen molar-refractivity contribution in [3.63, 3.8) is 0 Å². The zero-order valence-electron chi connectivity index (χ0n) is 16.6. The lowest BCUT2D eigenvalue weighted by Gasteiger charge is -2.47. The lowest BCUT2D eigenvalue weighted by molar-refractivity contribution is -0.140. The van der Waals surface area contributed by atoms with Crippen LogP contribution in [0.25, 0.3) is 0 Å². The van der Waals surface area contributed by atoms with E-state index >= 15 is 0 Å². The van der Waals surface area contributed by atoms with Gasteiger partial charge in [-0.1, -0.05) is 30.3 Å². The highest BCUT2D eigenvalue weighted by atomic mass is 16.2. The van der Waals surface area contributed by atoms with E-state index in [1.54, 1.807) is 0 Å². The van der Waals surface area contributed by atoms with Gasteiger partial charge < -0.3 is 9.47 Å². The highest BCUT2D eigenvalue weighted by Gasteiger charge is 2.41. The molecule has 2 saturated heterocycles. The van der Waals surface area contributed by atoms with E-state index < -0.39 is 0 Å². The van der Waals surface area contributed by atoms with Crippen LogP contribution < -0.4 is 0 Å². The number of amides is 1. The van der Waals surface area contributed by atoms with Gasteiger partial charge in [0.1, 0.15) is 5.82 Å². The second kappa shape index (κ2) is 7.36. The second-order valence-corrected chi connectivity index (χ2v) is 8.99. The molecule has 1 aromatic heterocycles. The molecule has 5 nitrogen and oxygen atoms in total. The van der Waals surface area contributed by atoms with Crippen molar-refractivity contribution < 1.29 is 4.79 Å². The first-order valence-corrected chi connectivity index (χ1v) is 10.8. The van der Waals surface area contributed by atoms with E-state index in [-0.39, 0.29) is 0 Å². The molecule has 1 aliphatic carbocycles. The first-order chi connectivity index (χ1) is 13.7. The fraction of sp³-hybridized carbons (Fsp3) is 0.565. The molecule has 0 N–H and O–H groups in total. The summed E-state index contributed by atoms with van der Waals surface area (Å²) in [6, 6.07) is 11.1. The molecule has 148 valence electrons. The summed E-state index contributed by atoms with van der Waals surface area (Å²) in [5.74, 6) is 1.55. The molecule has 3 aliphatic rings. The van der Waals surface area contributed by atoms with E-state index in [2.05, 4.69) is 49.8 Å². The Morgan fingerprint density at radius 3 is 2.57 bits per heavy atom. The predicted octanol–water partition coefficient (Wildman–Crippen LogP) is 3.62. The van der Waals surface area contributed by atoms with E-state index in [1.807, 2.05) is 12.3 Å². The standard InChI is InChI=1S/C23H30N4O/c28-22-8-9-23(18-26(22)16-19-4-2-1-3-5-19)10-13-25(14-11-23)17-21-24-12-15-27(21)20-6-7-20/h1-5,12,15,20H,6-11,13-14,16-18H2. The van der Waals surface area contributed by atoms with Crippen molar-refractivity contribution in [2.75, 3.05) is 19.6 Å². The Kier molecular flexibility index (Phi) is 4.71. The summed E-state index contributed by atoms with van der Waals surface area (Å²) in [6.45, 7) is 4.87. The Balaban J connectivity index is 1.20. The van der Waals surface area contributed by atoms with Gasteiger partial charge in [-0.05, 0) is 56.2 Å². The van der Waals surface area contributed by atoms with Gasteiger partial charge in [0.2, 0.25) is 5.91 Å². The van der Waals surface area contributed by atoms with Crippen LogP contribution in [0, 0.1) is 5.41 Å². The second-order valence-electron chi connectivity index (χ2n) is 8.99. The number of hydrogen-bond donors (Lipinski definition) is 0. The van der Waals surface area contributed by atoms with Gasteiger partial charge in [0.25, 0.3) is 0 Å². The van der Waals surface area contributed by atoms with Crippen LogP contribution in [-0.2, 0) is 17.9 Å². The minimum atomic E-state index is 0.311. The minimum absolute atomic E-state index is 0.311. The van der Waals surface area contributed by atoms with Crippen LogP contribution in [0.5, 0.6) is 0 Å². The zero-order chi connectivity index (χ0) is 19.0. The van der Waals surface area contributed by atoms with Crippen LogP contribution in [0.3, 0.4) is 0 Å². The summed E-state index contributed by atoms with van der Waals surface area (Å²) in [7, 11) is 0. The summed E-state index contributed by atoms with van der Waals surface area (Å²) in [5.41, 5.74) is 1.54. The van der Waals surface area contributed by atoms with Crippen LogP contribution in [0.2, 0.25) is 0 Å². The largest absolute Gasteiger partial charge is 0.338 e. The van der Waals surface area contributed by atoms with Crippen molar-refractivity contribution in [2.45, 2.75) is 57.7 Å². The van der Waals surface area contributed by atoms with Gasteiger partial charge in [-0.3, -0.25) is 9.69 Å². The fourth-order valence-electron chi connectivity index (χ4n) is 5.00. The maximum Gasteiger partial charge on any atom is 0.222 e. The summed E-state index contributed by atoms with van der Waals surface area (Å²) >= 11 is 0. The summed E-state index contributed by atoms with van der Waals surface area (Å²) < 4.78 is 2.38. The fourth-order valence-corrected chi connectivity index (χ4v) is 5.00. The number of carbonyl (C=O) groups excluding carboxylic acids is 1. The van der Waals surface area contributed by atoms with Crippen LogP contribution in [-0.4, -0.2) is 44.9 Å². The summed E-state index contributed by atoms with van der Waals surface area (Å²) in [4.78, 5) is 21.8. The molecule has 2 aliphatic heterocycles. The normalized spacial score (nSPS) is 22.7. The Bertz CT molecular complexity index is 818. The van der Waals surface area contributed by atoms with Crippen molar-refractivity contribution >= 4 is 5.91 Å². The Hall–Kier alpha value is -2.14. The van der Waals surface area contributed by atoms with E-state index in [9.17, 15) is 4.79 Å². The number of benzene rings is 1. The first kappa shape index (κ1) is 17.9. The monoisotopic (exact) mass is 378 g/mol. The lowest BCUT2D eigenvalue weighted by atomic mass is 9.72. The molecule has 28 heavy (non-hydrogen) atoms. The van der Waals surface area contributed by atoms with Gasteiger partial charge in [-0.15, -0.1) is 0 Å². The van der Waals surface area contributed by atoms with Crippen molar-refractivity contribution in [1.29, 1.82) is 0 Å². The minimum Gasteiger partial charge on any atom is -0.338 e. The van der Waals surface area contributed by atoms with Crippen molar-refractivity contribution in [3.05, 3.63) is 54.1 Å². The SMILES string of the molecule is O=C1CCC2(CCN(Cc3nccn3C3CC3)CC2)CN1Cc1ccccc1. The van der Waals surface area contributed by atoms with Crippen LogP contribution >= 0.6 is 0 Å². The Morgan fingerprint density at radius 2 is 1.82 bits per heavy atom. The molecular weight excluding hydrogens is 348 g/mol. The molecule has 2 aromatic rings.